The van der Waals surface area contributed by atoms with Crippen LogP contribution in [-0.2, 0) is 34.4 Å². The average molecular weight is 814 g/mol. The van der Waals surface area contributed by atoms with E-state index < -0.39 is 51.1 Å². The van der Waals surface area contributed by atoms with Gasteiger partial charge < -0.3 is 35.1 Å². The molecule has 0 aromatic carbocycles. The second-order valence-electron chi connectivity index (χ2n) is 14.7. The van der Waals surface area contributed by atoms with Crippen molar-refractivity contribution in [2.24, 2.45) is 0 Å². The van der Waals surface area contributed by atoms with Crippen LogP contribution in [0.5, 0.6) is 0 Å². The second kappa shape index (κ2) is 24.4. The fraction of sp³-hybridized carbons (Fsp3) is 0.675. The normalized spacial score (nSPS) is 21.0. The Kier molecular flexibility index (Phi) is 19.8. The quantitative estimate of drug-likeness (QED) is 0.0425. The number of hydrogen-bond acceptors (Lipinski definition) is 14. The van der Waals surface area contributed by atoms with E-state index in [0.717, 1.165) is 19.3 Å². The van der Waals surface area contributed by atoms with Crippen LogP contribution in [0.4, 0.5) is 5.82 Å². The fourth-order valence-corrected chi connectivity index (χ4v) is 7.59. The van der Waals surface area contributed by atoms with Gasteiger partial charge in [0.05, 0.1) is 31.2 Å². The molecule has 4 heterocycles. The van der Waals surface area contributed by atoms with Crippen LogP contribution in [0, 0.1) is 22.7 Å². The molecule has 5 N–H and O–H groups in total. The first-order valence-corrected chi connectivity index (χ1v) is 21.8. The van der Waals surface area contributed by atoms with Gasteiger partial charge in [0.2, 0.25) is 5.60 Å². The molecule has 17 heteroatoms. The second-order valence-corrected chi connectivity index (χ2v) is 16.1. The molecular weight excluding hydrogens is 753 g/mol. The van der Waals surface area contributed by atoms with Crippen LogP contribution in [0.15, 0.2) is 36.7 Å². The van der Waals surface area contributed by atoms with Gasteiger partial charge in [-0.1, -0.05) is 109 Å². The number of nitrogens with zero attached hydrogens (tertiary/aromatic N) is 6. The van der Waals surface area contributed by atoms with Crippen molar-refractivity contribution in [2.75, 3.05) is 32.2 Å². The molecule has 4 rings (SSSR count). The molecule has 1 aliphatic rings. The van der Waals surface area contributed by atoms with Crippen LogP contribution in [0.1, 0.15) is 133 Å². The van der Waals surface area contributed by atoms with E-state index in [-0.39, 0.29) is 30.4 Å². The summed E-state index contributed by atoms with van der Waals surface area (Å²) in [5.74, 6) is 0.164. The highest BCUT2D eigenvalue weighted by molar-refractivity contribution is 7.47. The van der Waals surface area contributed by atoms with Crippen molar-refractivity contribution in [3.63, 3.8) is 0 Å². The topological polar surface area (TPSA) is 241 Å². The van der Waals surface area contributed by atoms with Gasteiger partial charge in [-0.15, -0.1) is 0 Å². The lowest BCUT2D eigenvalue weighted by atomic mass is 9.96. The van der Waals surface area contributed by atoms with Gasteiger partial charge in [-0.2, -0.15) is 15.6 Å². The van der Waals surface area contributed by atoms with Crippen molar-refractivity contribution in [3.05, 3.63) is 53.7 Å². The summed E-state index contributed by atoms with van der Waals surface area (Å²) in [4.78, 5) is 18.7. The van der Waals surface area contributed by atoms with Crippen molar-refractivity contribution >= 4 is 19.2 Å². The number of phosphoric ester groups is 1. The van der Waals surface area contributed by atoms with Gasteiger partial charge in [0, 0.05) is 6.61 Å². The van der Waals surface area contributed by atoms with Crippen LogP contribution in [-0.4, -0.2) is 85.0 Å². The van der Waals surface area contributed by atoms with E-state index in [1.54, 1.807) is 36.4 Å². The molecule has 0 spiro atoms. The molecule has 3 aromatic rings. The molecule has 3 aromatic heterocycles. The van der Waals surface area contributed by atoms with Crippen molar-refractivity contribution < 1.29 is 42.9 Å². The fourth-order valence-electron chi connectivity index (χ4n) is 6.80. The Morgan fingerprint density at radius 1 is 0.930 bits per heavy atom. The molecule has 0 saturated carbocycles. The van der Waals surface area contributed by atoms with Gasteiger partial charge in [0.15, 0.2) is 5.82 Å². The Hall–Kier alpha value is -3.54. The number of nitriles is 2. The third-order valence-corrected chi connectivity index (χ3v) is 11.1. The van der Waals surface area contributed by atoms with Crippen molar-refractivity contribution in [2.45, 2.75) is 146 Å². The number of aromatic nitrogens is 4. The number of nitrogens with two attached hydrogens (primary N) is 1. The number of fused-ring (bicyclic) bond motifs is 1. The molecular formula is C40H60N7O9P. The number of phosphoric acid groups is 1. The monoisotopic (exact) mass is 813 g/mol. The molecule has 16 nitrogen and oxygen atoms in total. The van der Waals surface area contributed by atoms with Crippen LogP contribution >= 0.6 is 7.82 Å². The number of hydrogen-bond donors (Lipinski definition) is 4. The van der Waals surface area contributed by atoms with Gasteiger partial charge in [0.1, 0.15) is 60.7 Å². The average Bonchev–Trinajstić information content (AvgIpc) is 3.76. The maximum absolute atomic E-state index is 13.1. The minimum Gasteiger partial charge on any atom is -0.387 e. The predicted octanol–water partition coefficient (Wildman–Crippen LogP) is 6.63. The number of pyridine rings is 1. The van der Waals surface area contributed by atoms with Gasteiger partial charge >= 0.3 is 7.82 Å². The van der Waals surface area contributed by atoms with Crippen molar-refractivity contribution in [3.8, 4) is 12.1 Å². The molecule has 2 unspecified atom stereocenters. The summed E-state index contributed by atoms with van der Waals surface area (Å²) in [5.41, 5.74) is 5.03. The number of nitrogen functional groups attached to an aromatic ring is 1. The maximum Gasteiger partial charge on any atom is 0.472 e. The van der Waals surface area contributed by atoms with E-state index in [1.807, 2.05) is 6.07 Å². The first kappa shape index (κ1) is 46.2. The highest BCUT2D eigenvalue weighted by Crippen LogP contribution is 2.47. The summed E-state index contributed by atoms with van der Waals surface area (Å²) in [5, 5.41) is 45.1. The smallest absolute Gasteiger partial charge is 0.387 e. The summed E-state index contributed by atoms with van der Waals surface area (Å²) in [6, 6.07) is 11.8. The first-order valence-electron chi connectivity index (χ1n) is 20.3. The number of rotatable bonds is 29. The summed E-state index contributed by atoms with van der Waals surface area (Å²) < 4.78 is 42.4. The van der Waals surface area contributed by atoms with Gasteiger partial charge in [0.25, 0.3) is 0 Å². The Morgan fingerprint density at radius 3 is 2.21 bits per heavy atom. The summed E-state index contributed by atoms with van der Waals surface area (Å²) >= 11 is 0. The van der Waals surface area contributed by atoms with E-state index in [0.29, 0.717) is 17.8 Å². The third-order valence-electron chi connectivity index (χ3n) is 10.1. The lowest BCUT2D eigenvalue weighted by Crippen LogP contribution is -2.45. The van der Waals surface area contributed by atoms with Crippen LogP contribution in [0.2, 0.25) is 0 Å². The van der Waals surface area contributed by atoms with Crippen molar-refractivity contribution in [1.29, 1.82) is 10.5 Å². The highest BCUT2D eigenvalue weighted by Gasteiger charge is 2.57. The molecule has 0 radical (unpaired) electrons. The molecule has 0 bridgehead atoms. The summed E-state index contributed by atoms with van der Waals surface area (Å²) in [6.45, 7) is 1.38. The zero-order chi connectivity index (χ0) is 40.9. The van der Waals surface area contributed by atoms with E-state index in [4.69, 9.17) is 29.0 Å². The van der Waals surface area contributed by atoms with E-state index in [9.17, 15) is 30.2 Å². The predicted molar refractivity (Wildman–Crippen MR) is 211 cm³/mol. The van der Waals surface area contributed by atoms with Crippen LogP contribution in [0.3, 0.4) is 0 Å². The summed E-state index contributed by atoms with van der Waals surface area (Å²) in [7, 11) is -4.87. The number of anilines is 1. The largest absolute Gasteiger partial charge is 0.472 e. The zero-order valence-electron chi connectivity index (χ0n) is 33.1. The number of aliphatic hydroxyl groups is 2. The number of aliphatic hydroxyl groups excluding tert-OH is 2. The third kappa shape index (κ3) is 14.7. The molecule has 1 aliphatic heterocycles. The van der Waals surface area contributed by atoms with E-state index >= 15 is 0 Å². The van der Waals surface area contributed by atoms with Gasteiger partial charge in [-0.3, -0.25) is 9.05 Å². The van der Waals surface area contributed by atoms with E-state index in [1.165, 1.54) is 94.3 Å². The highest BCUT2D eigenvalue weighted by atomic mass is 31.2. The zero-order valence-corrected chi connectivity index (χ0v) is 34.0. The molecule has 0 aliphatic carbocycles. The van der Waals surface area contributed by atoms with Crippen LogP contribution < -0.4 is 5.73 Å². The van der Waals surface area contributed by atoms with Crippen molar-refractivity contribution in [1.82, 2.24) is 19.6 Å². The first-order chi connectivity index (χ1) is 27.6. The van der Waals surface area contributed by atoms with E-state index in [2.05, 4.69) is 22.0 Å². The number of ether oxygens (including phenoxy) is 3. The Morgan fingerprint density at radius 2 is 1.58 bits per heavy atom. The van der Waals surface area contributed by atoms with Gasteiger partial charge in [-0.05, 0) is 30.7 Å². The standard InChI is InChI=1S/C40H60N7O9P/c1-2-3-4-5-6-7-8-9-10-11-12-13-14-15-16-17-23-52-26-33(53-25-32-20-18-19-31(24-41)46-32)27-54-57(50,51)55-29-40(28-42)38(49)36(48)37(56-40)34-21-22-35-39(43)44-30-45-47(34)35/h18-22,30,33,36-38,48-49H,2-17,23,25-27,29H2,1H3,(H,50,51)(H2,43,44,45)/t33-,36+,37?,38+,40-/m1/s1. The molecule has 1 fully saturated rings. The maximum atomic E-state index is 13.1. The summed E-state index contributed by atoms with van der Waals surface area (Å²) in [6.07, 6.45) is 15.9. The van der Waals surface area contributed by atoms with Gasteiger partial charge in [-0.25, -0.2) is 19.0 Å². The Bertz CT molecular complexity index is 1770. The minimum atomic E-state index is -4.87. The number of unbranched alkanes of at least 4 members (excludes halogenated alkanes) is 15. The molecule has 0 amide bonds. The lowest BCUT2D eigenvalue weighted by Gasteiger charge is -2.25. The Labute approximate surface area is 335 Å². The minimum absolute atomic E-state index is 0.0234. The molecule has 314 valence electrons. The molecule has 6 atom stereocenters. The molecule has 1 saturated heterocycles. The SMILES string of the molecule is CCCCCCCCCCCCCCCCCCOC[C@H](COP(=O)(O)OC[C@@]1(C#N)OC(c2ccc3c(N)ncnn23)[C@H](O)[C@@H]1O)OCc1cccc(C#N)n1. The lowest BCUT2D eigenvalue weighted by molar-refractivity contribution is -0.0791. The van der Waals surface area contributed by atoms with Crippen LogP contribution in [0.25, 0.3) is 5.52 Å². The molecule has 57 heavy (non-hydrogen) atoms. The Balaban J connectivity index is 1.19.